The molecule has 15 heteroatoms. The van der Waals surface area contributed by atoms with Gasteiger partial charge in [0.2, 0.25) is 23.6 Å². The molecule has 1 saturated heterocycles. The molecular formula is C26H36F3N5O7. The average Bonchev–Trinajstić information content (AvgIpc) is 2.91. The topological polar surface area (TPSA) is 164 Å². The van der Waals surface area contributed by atoms with Gasteiger partial charge in [-0.15, -0.1) is 0 Å². The molecule has 12 nitrogen and oxygen atoms in total. The van der Waals surface area contributed by atoms with Crippen molar-refractivity contribution in [3.8, 4) is 0 Å². The van der Waals surface area contributed by atoms with E-state index >= 15 is 0 Å². The van der Waals surface area contributed by atoms with Gasteiger partial charge in [0.25, 0.3) is 0 Å². The van der Waals surface area contributed by atoms with Crippen molar-refractivity contribution in [1.82, 2.24) is 26.6 Å². The second kappa shape index (κ2) is 17.3. The van der Waals surface area contributed by atoms with Crippen LogP contribution in [0.15, 0.2) is 30.3 Å². The van der Waals surface area contributed by atoms with Gasteiger partial charge in [-0.2, -0.15) is 13.2 Å². The summed E-state index contributed by atoms with van der Waals surface area (Å²) in [7, 11) is 0. The number of halogens is 3. The highest BCUT2D eigenvalue weighted by molar-refractivity contribution is 6.22. The molecular weight excluding hydrogens is 551 g/mol. The number of unbranched alkanes of at least 4 members (excludes halogenated alkanes) is 1. The van der Waals surface area contributed by atoms with E-state index in [4.69, 9.17) is 9.47 Å². The Kier molecular flexibility index (Phi) is 14.2. The summed E-state index contributed by atoms with van der Waals surface area (Å²) in [5.74, 6) is -1.85. The van der Waals surface area contributed by atoms with Crippen LogP contribution < -0.4 is 26.6 Å². The van der Waals surface area contributed by atoms with Gasteiger partial charge in [0, 0.05) is 32.5 Å². The highest BCUT2D eigenvalue weighted by Crippen LogP contribution is 2.32. The first-order valence-corrected chi connectivity index (χ1v) is 13.3. The Balaban J connectivity index is 1.53. The van der Waals surface area contributed by atoms with Crippen LogP contribution in [0.1, 0.15) is 44.1 Å². The summed E-state index contributed by atoms with van der Waals surface area (Å²) >= 11 is 0. The lowest BCUT2D eigenvalue weighted by Gasteiger charge is -2.34. The van der Waals surface area contributed by atoms with Crippen molar-refractivity contribution in [2.45, 2.75) is 50.2 Å². The quantitative estimate of drug-likeness (QED) is 0.0910. The molecule has 0 atom stereocenters. The van der Waals surface area contributed by atoms with Crippen molar-refractivity contribution < 1.29 is 46.6 Å². The lowest BCUT2D eigenvalue weighted by molar-refractivity contribution is -0.159. The zero-order valence-corrected chi connectivity index (χ0v) is 22.6. The highest BCUT2D eigenvalue weighted by Gasteiger charge is 2.51. The first-order chi connectivity index (χ1) is 19.5. The molecule has 5 N–H and O–H groups in total. The summed E-state index contributed by atoms with van der Waals surface area (Å²) in [5, 5.41) is 11.1. The normalized spacial score (nSPS) is 14.8. The first kappa shape index (κ1) is 33.6. The number of carbonyl (C=O) groups is 5. The van der Waals surface area contributed by atoms with Crippen LogP contribution in [0, 0.1) is 0 Å². The molecule has 0 bridgehead atoms. The number of ether oxygens (including phenoxy) is 2. The van der Waals surface area contributed by atoms with Gasteiger partial charge in [-0.05, 0) is 31.2 Å². The number of benzene rings is 1. The molecule has 41 heavy (non-hydrogen) atoms. The minimum atomic E-state index is -4.43. The summed E-state index contributed by atoms with van der Waals surface area (Å²) in [6.07, 6.45) is -2.74. The standard InChI is InChI=1S/C26H36F3N5O7/c27-26(28,29)32-14-16-41-18-17-40-15-13-31-21(36)10-6-9-20(35)30-12-5-4-11-25(19-7-2-1-3-8-19)22(37)33-24(39)34-23(25)38/h1-3,7-8,32H,4-6,9-18H2,(H,30,35)(H,31,36)(H2,33,34,37,38,39). The van der Waals surface area contributed by atoms with Gasteiger partial charge in [0.05, 0.1) is 26.4 Å². The van der Waals surface area contributed by atoms with Crippen molar-refractivity contribution in [3.05, 3.63) is 35.9 Å². The maximum Gasteiger partial charge on any atom is 0.457 e. The molecule has 0 saturated carbocycles. The second-order valence-corrected chi connectivity index (χ2v) is 9.17. The van der Waals surface area contributed by atoms with E-state index in [9.17, 15) is 37.1 Å². The smallest absolute Gasteiger partial charge is 0.378 e. The third kappa shape index (κ3) is 12.2. The molecule has 2 rings (SSSR count). The molecule has 1 aromatic rings. The maximum atomic E-state index is 12.7. The predicted molar refractivity (Wildman–Crippen MR) is 139 cm³/mol. The van der Waals surface area contributed by atoms with E-state index in [1.54, 1.807) is 30.3 Å². The van der Waals surface area contributed by atoms with E-state index in [2.05, 4.69) is 21.3 Å². The molecule has 1 aromatic carbocycles. The molecule has 228 valence electrons. The Hall–Kier alpha value is -3.56. The fourth-order valence-electron chi connectivity index (χ4n) is 4.09. The number of carbonyl (C=O) groups excluding carboxylic acids is 5. The van der Waals surface area contributed by atoms with Crippen LogP contribution in [0.3, 0.4) is 0 Å². The van der Waals surface area contributed by atoms with Crippen LogP contribution in [0.2, 0.25) is 0 Å². The van der Waals surface area contributed by atoms with Gasteiger partial charge in [-0.1, -0.05) is 30.3 Å². The minimum Gasteiger partial charge on any atom is -0.378 e. The summed E-state index contributed by atoms with van der Waals surface area (Å²) in [4.78, 5) is 61.0. The van der Waals surface area contributed by atoms with Gasteiger partial charge < -0.3 is 20.1 Å². The van der Waals surface area contributed by atoms with Crippen molar-refractivity contribution in [3.63, 3.8) is 0 Å². The number of amides is 6. The molecule has 1 heterocycles. The SMILES string of the molecule is O=C(CCCC(=O)NCCOCCOCCNC(F)(F)F)NCCCCC1(c2ccccc2)C(=O)NC(=O)NC1=O. The molecule has 0 radical (unpaired) electrons. The zero-order valence-electron chi connectivity index (χ0n) is 22.6. The number of alkyl halides is 3. The number of nitrogens with one attached hydrogen (secondary N) is 5. The van der Waals surface area contributed by atoms with Crippen LogP contribution in [-0.2, 0) is 34.1 Å². The summed E-state index contributed by atoms with van der Waals surface area (Å²) in [6.45, 7) is 0.617. The number of imide groups is 2. The van der Waals surface area contributed by atoms with E-state index in [0.29, 0.717) is 31.4 Å². The van der Waals surface area contributed by atoms with Crippen molar-refractivity contribution in [1.29, 1.82) is 0 Å². The van der Waals surface area contributed by atoms with Crippen LogP contribution in [0.5, 0.6) is 0 Å². The van der Waals surface area contributed by atoms with Crippen molar-refractivity contribution in [2.24, 2.45) is 0 Å². The van der Waals surface area contributed by atoms with Crippen molar-refractivity contribution >= 4 is 29.7 Å². The molecule has 0 spiro atoms. The molecule has 1 aliphatic rings. The van der Waals surface area contributed by atoms with Crippen molar-refractivity contribution in [2.75, 3.05) is 46.1 Å². The molecule has 6 amide bonds. The number of hydrogen-bond acceptors (Lipinski definition) is 8. The number of barbiturate groups is 1. The summed E-state index contributed by atoms with van der Waals surface area (Å²) in [6, 6.07) is 7.61. The fraction of sp³-hybridized carbons (Fsp3) is 0.577. The van der Waals surface area contributed by atoms with Gasteiger partial charge in [-0.25, -0.2) is 10.1 Å². The monoisotopic (exact) mass is 587 g/mol. The number of urea groups is 1. The van der Waals surface area contributed by atoms with Gasteiger partial charge in [-0.3, -0.25) is 29.8 Å². The van der Waals surface area contributed by atoms with E-state index in [0.717, 1.165) is 0 Å². The third-order valence-corrected chi connectivity index (χ3v) is 6.12. The Labute approximate surface area is 235 Å². The fourth-order valence-corrected chi connectivity index (χ4v) is 4.09. The van der Waals surface area contributed by atoms with E-state index in [1.807, 2.05) is 0 Å². The summed E-state index contributed by atoms with van der Waals surface area (Å²) in [5.41, 5.74) is -1.07. The van der Waals surface area contributed by atoms with Crippen LogP contribution >= 0.6 is 0 Å². The predicted octanol–water partition coefficient (Wildman–Crippen LogP) is 1.01. The molecule has 0 aromatic heterocycles. The van der Waals surface area contributed by atoms with Gasteiger partial charge >= 0.3 is 12.3 Å². The van der Waals surface area contributed by atoms with E-state index < -0.39 is 29.6 Å². The molecule has 0 aliphatic carbocycles. The maximum absolute atomic E-state index is 12.7. The zero-order chi connectivity index (χ0) is 30.1. The van der Waals surface area contributed by atoms with Gasteiger partial charge in [0.1, 0.15) is 0 Å². The largest absolute Gasteiger partial charge is 0.457 e. The Morgan fingerprint density at radius 3 is 1.90 bits per heavy atom. The highest BCUT2D eigenvalue weighted by atomic mass is 19.4. The number of hydrogen-bond donors (Lipinski definition) is 5. The molecule has 1 fully saturated rings. The van der Waals surface area contributed by atoms with Crippen LogP contribution in [-0.4, -0.2) is 82.0 Å². The second-order valence-electron chi connectivity index (χ2n) is 9.17. The molecule has 1 aliphatic heterocycles. The summed E-state index contributed by atoms with van der Waals surface area (Å²) < 4.78 is 45.9. The first-order valence-electron chi connectivity index (χ1n) is 13.3. The lowest BCUT2D eigenvalue weighted by Crippen LogP contribution is -2.64. The average molecular weight is 588 g/mol. The Morgan fingerprint density at radius 2 is 1.32 bits per heavy atom. The number of rotatable bonds is 19. The minimum absolute atomic E-state index is 0.108. The Bertz CT molecular complexity index is 1000. The van der Waals surface area contributed by atoms with Crippen LogP contribution in [0.4, 0.5) is 18.0 Å². The van der Waals surface area contributed by atoms with E-state index in [1.165, 1.54) is 5.32 Å². The van der Waals surface area contributed by atoms with Gasteiger partial charge in [0.15, 0.2) is 5.41 Å². The van der Waals surface area contributed by atoms with E-state index in [-0.39, 0.29) is 70.6 Å². The van der Waals surface area contributed by atoms with Crippen LogP contribution in [0.25, 0.3) is 0 Å². The lowest BCUT2D eigenvalue weighted by atomic mass is 9.73. The third-order valence-electron chi connectivity index (χ3n) is 6.12. The Morgan fingerprint density at radius 1 is 0.756 bits per heavy atom. The molecule has 0 unspecified atom stereocenters.